The quantitative estimate of drug-likeness (QED) is 0.730. The van der Waals surface area contributed by atoms with E-state index in [0.717, 1.165) is 11.6 Å². The minimum atomic E-state index is -0.484. The number of rotatable bonds is 9. The van der Waals surface area contributed by atoms with Crippen molar-refractivity contribution >= 4 is 11.6 Å². The van der Waals surface area contributed by atoms with E-state index in [1.54, 1.807) is 12.1 Å². The predicted molar refractivity (Wildman–Crippen MR) is 94.2 cm³/mol. The second-order valence-corrected chi connectivity index (χ2v) is 7.18. The van der Waals surface area contributed by atoms with Crippen molar-refractivity contribution in [2.45, 2.75) is 57.7 Å². The Morgan fingerprint density at radius 1 is 1.29 bits per heavy atom. The molecule has 2 N–H and O–H groups in total. The molecule has 2 aliphatic carbocycles. The molecule has 132 valence electrons. The van der Waals surface area contributed by atoms with Gasteiger partial charge in [0.15, 0.2) is 0 Å². The van der Waals surface area contributed by atoms with E-state index in [2.05, 4.69) is 17.1 Å². The van der Waals surface area contributed by atoms with Crippen LogP contribution in [0.2, 0.25) is 0 Å². The standard InChI is InChI=1S/C19H28N2O3/c1-13(15-3-4-15)21(17-7-8-17)11-18(23)12-24-19-9-5-16(6-10-19)20-14(2)22/h5-6,9-10,13,15,17-18,23H,3-4,7-8,11-12H2,1-2H3,(H,20,22). The van der Waals surface area contributed by atoms with Crippen molar-refractivity contribution in [3.63, 3.8) is 0 Å². The Morgan fingerprint density at radius 3 is 2.50 bits per heavy atom. The average Bonchev–Trinajstić information content (AvgIpc) is 3.43. The molecule has 2 saturated carbocycles. The van der Waals surface area contributed by atoms with Gasteiger partial charge in [0.25, 0.3) is 0 Å². The topological polar surface area (TPSA) is 61.8 Å². The van der Waals surface area contributed by atoms with Crippen LogP contribution in [0.4, 0.5) is 5.69 Å². The second-order valence-electron chi connectivity index (χ2n) is 7.18. The lowest BCUT2D eigenvalue weighted by atomic mass is 10.1. The van der Waals surface area contributed by atoms with Crippen molar-refractivity contribution in [2.75, 3.05) is 18.5 Å². The van der Waals surface area contributed by atoms with Crippen molar-refractivity contribution in [1.82, 2.24) is 4.90 Å². The van der Waals surface area contributed by atoms with E-state index in [0.29, 0.717) is 31.0 Å². The molecular formula is C19H28N2O3. The molecule has 0 aromatic heterocycles. The van der Waals surface area contributed by atoms with Gasteiger partial charge in [0, 0.05) is 31.2 Å². The summed E-state index contributed by atoms with van der Waals surface area (Å²) in [5, 5.41) is 13.1. The van der Waals surface area contributed by atoms with Crippen LogP contribution in [-0.4, -0.2) is 47.3 Å². The van der Waals surface area contributed by atoms with E-state index in [1.165, 1.54) is 32.6 Å². The number of hydrogen-bond acceptors (Lipinski definition) is 4. The Bertz CT molecular complexity index is 552. The SMILES string of the molecule is CC(=O)Nc1ccc(OCC(O)CN(C2CC2)C(C)C2CC2)cc1. The molecule has 1 aromatic rings. The van der Waals surface area contributed by atoms with Crippen LogP contribution in [0.15, 0.2) is 24.3 Å². The maximum absolute atomic E-state index is 11.0. The van der Waals surface area contributed by atoms with E-state index in [9.17, 15) is 9.90 Å². The Balaban J connectivity index is 1.45. The van der Waals surface area contributed by atoms with E-state index >= 15 is 0 Å². The van der Waals surface area contributed by atoms with Gasteiger partial charge in [-0.2, -0.15) is 0 Å². The van der Waals surface area contributed by atoms with Crippen LogP contribution < -0.4 is 10.1 Å². The smallest absolute Gasteiger partial charge is 0.221 e. The lowest BCUT2D eigenvalue weighted by molar-refractivity contribution is -0.114. The number of carbonyl (C=O) groups excluding carboxylic acids is 1. The zero-order valence-corrected chi connectivity index (χ0v) is 14.6. The summed E-state index contributed by atoms with van der Waals surface area (Å²) in [6.45, 7) is 4.76. The van der Waals surface area contributed by atoms with Gasteiger partial charge >= 0.3 is 0 Å². The monoisotopic (exact) mass is 332 g/mol. The summed E-state index contributed by atoms with van der Waals surface area (Å²) >= 11 is 0. The molecule has 24 heavy (non-hydrogen) atoms. The first-order valence-electron chi connectivity index (χ1n) is 8.97. The summed E-state index contributed by atoms with van der Waals surface area (Å²) < 4.78 is 5.70. The zero-order valence-electron chi connectivity index (χ0n) is 14.6. The molecule has 2 aliphatic rings. The number of ether oxygens (including phenoxy) is 1. The summed E-state index contributed by atoms with van der Waals surface area (Å²) in [7, 11) is 0. The molecule has 0 bridgehead atoms. The third-order valence-corrected chi connectivity index (χ3v) is 4.88. The molecule has 0 spiro atoms. The van der Waals surface area contributed by atoms with Crippen molar-refractivity contribution in [3.05, 3.63) is 24.3 Å². The van der Waals surface area contributed by atoms with Gasteiger partial charge in [0.05, 0.1) is 0 Å². The van der Waals surface area contributed by atoms with Crippen molar-refractivity contribution in [2.24, 2.45) is 5.92 Å². The molecule has 3 rings (SSSR count). The lowest BCUT2D eigenvalue weighted by Gasteiger charge is -2.31. The number of nitrogens with zero attached hydrogens (tertiary/aromatic N) is 1. The highest BCUT2D eigenvalue weighted by Crippen LogP contribution is 2.39. The van der Waals surface area contributed by atoms with Gasteiger partial charge in [0.2, 0.25) is 5.91 Å². The molecule has 2 fully saturated rings. The number of benzene rings is 1. The molecule has 5 heteroatoms. The van der Waals surface area contributed by atoms with Crippen molar-refractivity contribution < 1.29 is 14.6 Å². The highest BCUT2D eigenvalue weighted by molar-refractivity contribution is 5.88. The summed E-state index contributed by atoms with van der Waals surface area (Å²) in [4.78, 5) is 13.5. The largest absolute Gasteiger partial charge is 0.491 e. The third kappa shape index (κ3) is 4.95. The maximum Gasteiger partial charge on any atom is 0.221 e. The van der Waals surface area contributed by atoms with Gasteiger partial charge in [-0.15, -0.1) is 0 Å². The summed E-state index contributed by atoms with van der Waals surface area (Å²) in [5.41, 5.74) is 0.744. The molecule has 0 radical (unpaired) electrons. The van der Waals surface area contributed by atoms with Crippen LogP contribution in [0, 0.1) is 5.92 Å². The Hall–Kier alpha value is -1.59. The number of aliphatic hydroxyl groups is 1. The second kappa shape index (κ2) is 7.53. The first kappa shape index (κ1) is 17.2. The molecular weight excluding hydrogens is 304 g/mol. The number of anilines is 1. The van der Waals surface area contributed by atoms with E-state index in [1.807, 2.05) is 12.1 Å². The molecule has 0 heterocycles. The van der Waals surface area contributed by atoms with Crippen LogP contribution in [0.25, 0.3) is 0 Å². The molecule has 1 aromatic carbocycles. The van der Waals surface area contributed by atoms with Crippen LogP contribution in [0.5, 0.6) is 5.75 Å². The molecule has 2 unspecified atom stereocenters. The van der Waals surface area contributed by atoms with Gasteiger partial charge in [-0.1, -0.05) is 0 Å². The molecule has 2 atom stereocenters. The van der Waals surface area contributed by atoms with E-state index in [4.69, 9.17) is 4.74 Å². The van der Waals surface area contributed by atoms with Crippen LogP contribution in [-0.2, 0) is 4.79 Å². The summed E-state index contributed by atoms with van der Waals surface area (Å²) in [6, 6.07) is 8.45. The highest BCUT2D eigenvalue weighted by Gasteiger charge is 2.39. The molecule has 0 saturated heterocycles. The lowest BCUT2D eigenvalue weighted by Crippen LogP contribution is -2.43. The number of nitrogens with one attached hydrogen (secondary N) is 1. The summed E-state index contributed by atoms with van der Waals surface area (Å²) in [5.74, 6) is 1.43. The molecule has 5 nitrogen and oxygen atoms in total. The van der Waals surface area contributed by atoms with Gasteiger partial charge in [-0.3, -0.25) is 9.69 Å². The third-order valence-electron chi connectivity index (χ3n) is 4.88. The Kier molecular flexibility index (Phi) is 5.41. The molecule has 1 amide bonds. The van der Waals surface area contributed by atoms with Crippen molar-refractivity contribution in [1.29, 1.82) is 0 Å². The fourth-order valence-corrected chi connectivity index (χ4v) is 3.23. The van der Waals surface area contributed by atoms with Gasteiger partial charge in [-0.25, -0.2) is 0 Å². The molecule has 0 aliphatic heterocycles. The fourth-order valence-electron chi connectivity index (χ4n) is 3.23. The minimum absolute atomic E-state index is 0.0935. The van der Waals surface area contributed by atoms with Crippen molar-refractivity contribution in [3.8, 4) is 5.75 Å². The van der Waals surface area contributed by atoms with Crippen LogP contribution in [0.3, 0.4) is 0 Å². The first-order valence-corrected chi connectivity index (χ1v) is 8.97. The summed E-state index contributed by atoms with van der Waals surface area (Å²) in [6.07, 6.45) is 4.70. The first-order chi connectivity index (χ1) is 11.5. The predicted octanol–water partition coefficient (Wildman–Crippen LogP) is 2.65. The number of hydrogen-bond donors (Lipinski definition) is 2. The average molecular weight is 332 g/mol. The number of carbonyl (C=O) groups is 1. The minimum Gasteiger partial charge on any atom is -0.491 e. The fraction of sp³-hybridized carbons (Fsp3) is 0.632. The van der Waals surface area contributed by atoms with Gasteiger partial charge in [0.1, 0.15) is 18.5 Å². The number of aliphatic hydroxyl groups excluding tert-OH is 1. The highest BCUT2D eigenvalue weighted by atomic mass is 16.5. The van der Waals surface area contributed by atoms with Crippen LogP contribution >= 0.6 is 0 Å². The zero-order chi connectivity index (χ0) is 17.1. The van der Waals surface area contributed by atoms with E-state index in [-0.39, 0.29) is 5.91 Å². The Morgan fingerprint density at radius 2 is 1.96 bits per heavy atom. The van der Waals surface area contributed by atoms with Gasteiger partial charge in [-0.05, 0) is 62.8 Å². The Labute approximate surface area is 144 Å². The normalized spacial score (nSPS) is 19.8. The van der Waals surface area contributed by atoms with Gasteiger partial charge < -0.3 is 15.2 Å². The maximum atomic E-state index is 11.0. The van der Waals surface area contributed by atoms with Crippen LogP contribution in [0.1, 0.15) is 39.5 Å². The van der Waals surface area contributed by atoms with E-state index < -0.39 is 6.10 Å². The number of amides is 1.